The zero-order valence-electron chi connectivity index (χ0n) is 11.4. The quantitative estimate of drug-likeness (QED) is 0.674. The zero-order chi connectivity index (χ0) is 15.6. The molecule has 2 N–H and O–H groups in total. The molecule has 0 radical (unpaired) electrons. The Bertz CT molecular complexity index is 551. The van der Waals surface area contributed by atoms with Crippen LogP contribution in [0.25, 0.3) is 0 Å². The van der Waals surface area contributed by atoms with Crippen molar-refractivity contribution in [2.75, 3.05) is 5.73 Å². The molecule has 116 valence electrons. The number of nitrogens with zero attached hydrogens (tertiary/aromatic N) is 1. The van der Waals surface area contributed by atoms with Gasteiger partial charge in [-0.25, -0.2) is 4.79 Å². The van der Waals surface area contributed by atoms with Crippen LogP contribution in [0.4, 0.5) is 10.1 Å². The molecular weight excluding hydrogens is 322 g/mol. The molecule has 1 aromatic heterocycles. The number of esters is 1. The second-order valence-electron chi connectivity index (χ2n) is 4.85. The number of aromatic nitrogens is 1. The molecule has 0 amide bonds. The largest absolute Gasteiger partial charge is 0.461 e. The summed E-state index contributed by atoms with van der Waals surface area (Å²) in [5.74, 6) is -1.84. The van der Waals surface area contributed by atoms with Crippen LogP contribution in [0, 0.1) is 5.95 Å². The molecule has 2 rings (SSSR count). The van der Waals surface area contributed by atoms with Crippen LogP contribution in [-0.2, 0) is 9.53 Å². The molecule has 1 heterocycles. The second kappa shape index (κ2) is 6.66. The number of anilines is 1. The van der Waals surface area contributed by atoms with Crippen molar-refractivity contribution in [3.63, 3.8) is 0 Å². The highest BCUT2D eigenvalue weighted by Gasteiger charge is 2.26. The van der Waals surface area contributed by atoms with Crippen molar-refractivity contribution in [3.05, 3.63) is 16.0 Å². The monoisotopic (exact) mass is 336 g/mol. The van der Waals surface area contributed by atoms with Crippen molar-refractivity contribution in [2.45, 2.75) is 44.8 Å². The van der Waals surface area contributed by atoms with Gasteiger partial charge in [0.05, 0.1) is 5.69 Å². The van der Waals surface area contributed by atoms with Gasteiger partial charge >= 0.3 is 5.97 Å². The topological polar surface area (TPSA) is 74.4 Å². The Morgan fingerprint density at radius 2 is 2.00 bits per heavy atom. The summed E-state index contributed by atoms with van der Waals surface area (Å²) >= 11 is 11.4. The summed E-state index contributed by atoms with van der Waals surface area (Å²) in [5, 5.41) is -0.518. The molecular formula is C13H15Cl2FN2O3. The predicted octanol–water partition coefficient (Wildman–Crippen LogP) is 3.36. The zero-order valence-corrected chi connectivity index (χ0v) is 12.9. The maximum absolute atomic E-state index is 13.4. The first kappa shape index (κ1) is 16.1. The molecule has 5 nitrogen and oxygen atoms in total. The van der Waals surface area contributed by atoms with Gasteiger partial charge in [0.1, 0.15) is 16.1 Å². The molecule has 0 unspecified atom stereocenters. The summed E-state index contributed by atoms with van der Waals surface area (Å²) in [7, 11) is 0. The summed E-state index contributed by atoms with van der Waals surface area (Å²) in [6, 6.07) is 0. The number of hydrogen-bond donors (Lipinski definition) is 1. The molecule has 21 heavy (non-hydrogen) atoms. The molecule has 0 aliphatic heterocycles. The van der Waals surface area contributed by atoms with E-state index in [1.807, 2.05) is 0 Å². The van der Waals surface area contributed by atoms with E-state index in [4.69, 9.17) is 38.4 Å². The van der Waals surface area contributed by atoms with Crippen molar-refractivity contribution in [2.24, 2.45) is 0 Å². The lowest BCUT2D eigenvalue weighted by Crippen LogP contribution is -2.29. The van der Waals surface area contributed by atoms with Crippen molar-refractivity contribution in [3.8, 4) is 5.88 Å². The number of hydrogen-bond acceptors (Lipinski definition) is 5. The molecule has 1 aliphatic rings. The lowest BCUT2D eigenvalue weighted by atomic mass is 10.3. The van der Waals surface area contributed by atoms with E-state index in [9.17, 15) is 9.18 Å². The first-order chi connectivity index (χ1) is 9.90. The minimum absolute atomic E-state index is 0.0843. The van der Waals surface area contributed by atoms with Gasteiger partial charge in [-0.1, -0.05) is 23.2 Å². The lowest BCUT2D eigenvalue weighted by molar-refractivity contribution is -0.156. The first-order valence-corrected chi connectivity index (χ1v) is 7.33. The van der Waals surface area contributed by atoms with E-state index < -0.39 is 18.0 Å². The molecule has 1 atom stereocenters. The number of carbonyl (C=O) groups is 1. The number of ether oxygens (including phenoxy) is 2. The molecule has 1 saturated carbocycles. The highest BCUT2D eigenvalue weighted by Crippen LogP contribution is 2.35. The van der Waals surface area contributed by atoms with Gasteiger partial charge in [-0.2, -0.15) is 9.37 Å². The fourth-order valence-electron chi connectivity index (χ4n) is 2.07. The van der Waals surface area contributed by atoms with Crippen LogP contribution < -0.4 is 10.5 Å². The minimum atomic E-state index is -1.01. The van der Waals surface area contributed by atoms with Crippen LogP contribution in [0.5, 0.6) is 5.88 Å². The Morgan fingerprint density at radius 1 is 1.38 bits per heavy atom. The summed E-state index contributed by atoms with van der Waals surface area (Å²) in [4.78, 5) is 15.3. The Labute approximate surface area is 131 Å². The van der Waals surface area contributed by atoms with E-state index in [0.29, 0.717) is 0 Å². The molecule has 0 saturated heterocycles. The third-order valence-electron chi connectivity index (χ3n) is 3.25. The van der Waals surface area contributed by atoms with Crippen molar-refractivity contribution < 1.29 is 18.7 Å². The third-order valence-corrected chi connectivity index (χ3v) is 3.97. The van der Waals surface area contributed by atoms with Crippen LogP contribution in [0.3, 0.4) is 0 Å². The van der Waals surface area contributed by atoms with Gasteiger partial charge in [0.15, 0.2) is 6.10 Å². The van der Waals surface area contributed by atoms with Crippen LogP contribution in [0.2, 0.25) is 10.0 Å². The van der Waals surface area contributed by atoms with Crippen LogP contribution in [0.15, 0.2) is 0 Å². The second-order valence-corrected chi connectivity index (χ2v) is 5.61. The Hall–Kier alpha value is -1.27. The fourth-order valence-corrected chi connectivity index (χ4v) is 2.44. The van der Waals surface area contributed by atoms with E-state index in [0.717, 1.165) is 25.7 Å². The van der Waals surface area contributed by atoms with Crippen LogP contribution >= 0.6 is 23.2 Å². The van der Waals surface area contributed by atoms with E-state index in [1.165, 1.54) is 6.92 Å². The summed E-state index contributed by atoms with van der Waals surface area (Å²) in [6.45, 7) is 1.47. The van der Waals surface area contributed by atoms with Gasteiger partial charge in [-0.05, 0) is 32.6 Å². The molecule has 0 bridgehead atoms. The van der Waals surface area contributed by atoms with E-state index in [2.05, 4.69) is 4.98 Å². The van der Waals surface area contributed by atoms with Gasteiger partial charge in [0, 0.05) is 0 Å². The molecule has 0 spiro atoms. The number of carbonyl (C=O) groups excluding carboxylic acids is 1. The number of halogens is 3. The number of rotatable bonds is 4. The lowest BCUT2D eigenvalue weighted by Gasteiger charge is -2.17. The van der Waals surface area contributed by atoms with Gasteiger partial charge < -0.3 is 15.2 Å². The maximum atomic E-state index is 13.4. The molecule has 8 heteroatoms. The maximum Gasteiger partial charge on any atom is 0.347 e. The standard InChI is InChI=1S/C13H15Cl2FN2O3/c1-6(13(19)21-7-4-2-3-5-7)20-12-9(15)10(17)8(14)11(16)18-12/h6-7H,2-5H2,1H3,(H2,17,18)/t6-/m1/s1. The van der Waals surface area contributed by atoms with E-state index in [1.54, 1.807) is 0 Å². The van der Waals surface area contributed by atoms with E-state index >= 15 is 0 Å². The minimum Gasteiger partial charge on any atom is -0.461 e. The Kier molecular flexibility index (Phi) is 5.11. The number of nitrogen functional groups attached to an aromatic ring is 1. The summed E-state index contributed by atoms with van der Waals surface area (Å²) in [6.07, 6.45) is 2.72. The molecule has 1 aromatic rings. The molecule has 0 aromatic carbocycles. The smallest absolute Gasteiger partial charge is 0.347 e. The van der Waals surface area contributed by atoms with Crippen LogP contribution in [-0.4, -0.2) is 23.2 Å². The normalized spacial score (nSPS) is 16.8. The Balaban J connectivity index is 2.05. The van der Waals surface area contributed by atoms with Gasteiger partial charge in [-0.15, -0.1) is 0 Å². The predicted molar refractivity (Wildman–Crippen MR) is 77.1 cm³/mol. The summed E-state index contributed by atoms with van der Waals surface area (Å²) < 4.78 is 23.9. The number of pyridine rings is 1. The third kappa shape index (κ3) is 3.68. The highest BCUT2D eigenvalue weighted by atomic mass is 35.5. The molecule has 1 aliphatic carbocycles. The average Bonchev–Trinajstić information content (AvgIpc) is 2.95. The van der Waals surface area contributed by atoms with Crippen LogP contribution in [0.1, 0.15) is 32.6 Å². The molecule has 1 fully saturated rings. The van der Waals surface area contributed by atoms with Crippen molar-refractivity contribution in [1.82, 2.24) is 4.98 Å². The first-order valence-electron chi connectivity index (χ1n) is 6.57. The van der Waals surface area contributed by atoms with Gasteiger partial charge in [0.2, 0.25) is 11.8 Å². The SMILES string of the molecule is C[C@@H](Oc1nc(F)c(Cl)c(N)c1Cl)C(=O)OC1CCCC1. The average molecular weight is 337 g/mol. The van der Waals surface area contributed by atoms with Crippen molar-refractivity contribution in [1.29, 1.82) is 0 Å². The van der Waals surface area contributed by atoms with Gasteiger partial charge in [0.25, 0.3) is 0 Å². The van der Waals surface area contributed by atoms with Crippen molar-refractivity contribution >= 4 is 34.9 Å². The summed E-state index contributed by atoms with van der Waals surface area (Å²) in [5.41, 5.74) is 5.34. The van der Waals surface area contributed by atoms with E-state index in [-0.39, 0.29) is 27.7 Å². The Morgan fingerprint density at radius 3 is 2.62 bits per heavy atom. The highest BCUT2D eigenvalue weighted by molar-refractivity contribution is 6.39. The van der Waals surface area contributed by atoms with Gasteiger partial charge in [-0.3, -0.25) is 0 Å². The fraction of sp³-hybridized carbons (Fsp3) is 0.538. The number of nitrogens with two attached hydrogens (primary N) is 1.